The van der Waals surface area contributed by atoms with Crippen molar-refractivity contribution in [2.75, 3.05) is 30.7 Å². The number of nitrogens with zero attached hydrogens (tertiary/aromatic N) is 2. The van der Waals surface area contributed by atoms with Crippen LogP contribution in [0.25, 0.3) is 0 Å². The molecule has 0 unspecified atom stereocenters. The van der Waals surface area contributed by atoms with E-state index in [0.29, 0.717) is 24.7 Å². The maximum Gasteiger partial charge on any atom is 0.260 e. The molecule has 1 amide bonds. The summed E-state index contributed by atoms with van der Waals surface area (Å²) in [6.45, 7) is 5.67. The summed E-state index contributed by atoms with van der Waals surface area (Å²) < 4.78 is 44.3. The Morgan fingerprint density at radius 3 is 2.50 bits per heavy atom. The zero-order chi connectivity index (χ0) is 23.5. The SMILES string of the molecule is C[C@@H]1CN(Cc2ccc(F)cc2)[C@@H](C)CN1C(=O)COc1ccc(Cl)cc1NS(C)(=O)=O. The van der Waals surface area contributed by atoms with Crippen molar-refractivity contribution in [3.05, 3.63) is 58.9 Å². The number of ether oxygens (including phenoxy) is 1. The lowest BCUT2D eigenvalue weighted by Gasteiger charge is -2.44. The molecule has 0 bridgehead atoms. The normalized spacial score (nSPS) is 19.6. The first-order valence-electron chi connectivity index (χ1n) is 10.2. The van der Waals surface area contributed by atoms with E-state index in [0.717, 1.165) is 11.8 Å². The number of anilines is 1. The fourth-order valence-corrected chi connectivity index (χ4v) is 4.45. The molecule has 1 saturated heterocycles. The van der Waals surface area contributed by atoms with E-state index in [-0.39, 0.29) is 41.9 Å². The van der Waals surface area contributed by atoms with Crippen LogP contribution in [0, 0.1) is 5.82 Å². The molecule has 0 spiro atoms. The maximum atomic E-state index is 13.2. The topological polar surface area (TPSA) is 79.0 Å². The van der Waals surface area contributed by atoms with Gasteiger partial charge in [0.05, 0.1) is 11.9 Å². The van der Waals surface area contributed by atoms with Gasteiger partial charge in [0.2, 0.25) is 10.0 Å². The third kappa shape index (κ3) is 6.57. The lowest BCUT2D eigenvalue weighted by Crippen LogP contribution is -2.58. The molecule has 1 N–H and O–H groups in total. The number of carbonyl (C=O) groups is 1. The summed E-state index contributed by atoms with van der Waals surface area (Å²) in [5, 5.41) is 0.342. The average Bonchev–Trinajstić information content (AvgIpc) is 2.70. The summed E-state index contributed by atoms with van der Waals surface area (Å²) in [5.41, 5.74) is 1.19. The Bertz CT molecular complexity index is 1070. The van der Waals surface area contributed by atoms with Gasteiger partial charge in [0.25, 0.3) is 5.91 Å². The molecule has 0 radical (unpaired) electrons. The molecule has 174 valence electrons. The molecule has 1 aliphatic heterocycles. The van der Waals surface area contributed by atoms with Crippen LogP contribution in [0.3, 0.4) is 0 Å². The van der Waals surface area contributed by atoms with Crippen LogP contribution in [0.5, 0.6) is 5.75 Å². The van der Waals surface area contributed by atoms with Crippen LogP contribution >= 0.6 is 11.6 Å². The zero-order valence-electron chi connectivity index (χ0n) is 18.2. The van der Waals surface area contributed by atoms with Gasteiger partial charge < -0.3 is 9.64 Å². The molecule has 2 aromatic rings. The summed E-state index contributed by atoms with van der Waals surface area (Å²) in [6, 6.07) is 11.0. The molecule has 0 aliphatic carbocycles. The van der Waals surface area contributed by atoms with Gasteiger partial charge in [-0.3, -0.25) is 14.4 Å². The van der Waals surface area contributed by atoms with E-state index in [1.165, 1.54) is 24.3 Å². The second-order valence-corrected chi connectivity index (χ2v) is 10.3. The van der Waals surface area contributed by atoms with Crippen molar-refractivity contribution < 1.29 is 22.3 Å². The minimum absolute atomic E-state index is 0.0402. The van der Waals surface area contributed by atoms with Gasteiger partial charge >= 0.3 is 0 Å². The average molecular weight is 484 g/mol. The Kier molecular flexibility index (Phi) is 7.63. The molecule has 0 saturated carbocycles. The predicted molar refractivity (Wildman–Crippen MR) is 123 cm³/mol. The molecule has 32 heavy (non-hydrogen) atoms. The number of nitrogens with one attached hydrogen (secondary N) is 1. The number of sulfonamides is 1. The lowest BCUT2D eigenvalue weighted by atomic mass is 10.1. The van der Waals surface area contributed by atoms with E-state index in [4.69, 9.17) is 16.3 Å². The number of piperazine rings is 1. The van der Waals surface area contributed by atoms with Crippen LogP contribution < -0.4 is 9.46 Å². The molecule has 1 fully saturated rings. The highest BCUT2D eigenvalue weighted by Crippen LogP contribution is 2.29. The first-order chi connectivity index (χ1) is 15.0. The van der Waals surface area contributed by atoms with Gasteiger partial charge in [-0.2, -0.15) is 0 Å². The van der Waals surface area contributed by atoms with E-state index < -0.39 is 10.0 Å². The third-order valence-corrected chi connectivity index (χ3v) is 6.15. The number of carbonyl (C=O) groups excluding carboxylic acids is 1. The summed E-state index contributed by atoms with van der Waals surface area (Å²) in [6.07, 6.45) is 1.03. The molecule has 2 aromatic carbocycles. The molecule has 0 aromatic heterocycles. The molecular formula is C22H27ClFN3O4S. The Balaban J connectivity index is 1.61. The van der Waals surface area contributed by atoms with E-state index >= 15 is 0 Å². The van der Waals surface area contributed by atoms with Gasteiger partial charge in [-0.15, -0.1) is 0 Å². The molecule has 3 rings (SSSR count). The molecule has 1 aliphatic rings. The second kappa shape index (κ2) is 10.1. The van der Waals surface area contributed by atoms with Crippen LogP contribution in [0.15, 0.2) is 42.5 Å². The summed E-state index contributed by atoms with van der Waals surface area (Å²) in [7, 11) is -3.54. The standard InChI is InChI=1S/C22H27ClFN3O4S/c1-15-12-27(16(2)11-26(15)13-17-4-7-19(24)8-5-17)22(28)14-31-21-9-6-18(23)10-20(21)25-32(3,29)30/h4-10,15-16,25H,11-14H2,1-3H3/t15-,16+/m0/s1. The largest absolute Gasteiger partial charge is 0.482 e. The van der Waals surface area contributed by atoms with Crippen molar-refractivity contribution in [1.29, 1.82) is 0 Å². The zero-order valence-corrected chi connectivity index (χ0v) is 19.8. The van der Waals surface area contributed by atoms with Crippen molar-refractivity contribution in [2.45, 2.75) is 32.5 Å². The summed E-state index contributed by atoms with van der Waals surface area (Å²) in [5.74, 6) is -0.226. The van der Waals surface area contributed by atoms with Gasteiger partial charge in [0, 0.05) is 36.7 Å². The second-order valence-electron chi connectivity index (χ2n) is 8.10. The first kappa shape index (κ1) is 24.3. The van der Waals surface area contributed by atoms with Gasteiger partial charge in [0.1, 0.15) is 11.6 Å². The van der Waals surface area contributed by atoms with Crippen molar-refractivity contribution in [1.82, 2.24) is 9.80 Å². The third-order valence-electron chi connectivity index (χ3n) is 5.32. The minimum Gasteiger partial charge on any atom is -0.482 e. The maximum absolute atomic E-state index is 13.2. The summed E-state index contributed by atoms with van der Waals surface area (Å²) in [4.78, 5) is 16.9. The van der Waals surface area contributed by atoms with Crippen LogP contribution in [-0.4, -0.2) is 62.2 Å². The monoisotopic (exact) mass is 483 g/mol. The van der Waals surface area contributed by atoms with Crippen molar-refractivity contribution in [3.63, 3.8) is 0 Å². The van der Waals surface area contributed by atoms with Gasteiger partial charge in [0.15, 0.2) is 6.61 Å². The molecular weight excluding hydrogens is 457 g/mol. The van der Waals surface area contributed by atoms with Gasteiger partial charge in [-0.05, 0) is 49.7 Å². The van der Waals surface area contributed by atoms with Crippen LogP contribution in [0.1, 0.15) is 19.4 Å². The van der Waals surface area contributed by atoms with E-state index in [2.05, 4.69) is 9.62 Å². The Hall–Kier alpha value is -2.36. The number of hydrogen-bond donors (Lipinski definition) is 1. The smallest absolute Gasteiger partial charge is 0.260 e. The van der Waals surface area contributed by atoms with E-state index in [1.807, 2.05) is 13.8 Å². The fourth-order valence-electron chi connectivity index (χ4n) is 3.72. The van der Waals surface area contributed by atoms with Gasteiger partial charge in [-0.1, -0.05) is 23.7 Å². The van der Waals surface area contributed by atoms with E-state index in [1.54, 1.807) is 23.1 Å². The molecule has 7 nitrogen and oxygen atoms in total. The van der Waals surface area contributed by atoms with Crippen LogP contribution in [0.2, 0.25) is 5.02 Å². The highest BCUT2D eigenvalue weighted by molar-refractivity contribution is 7.92. The number of benzene rings is 2. The van der Waals surface area contributed by atoms with E-state index in [9.17, 15) is 17.6 Å². The number of halogens is 2. The number of amides is 1. The fraction of sp³-hybridized carbons (Fsp3) is 0.409. The molecule has 10 heteroatoms. The van der Waals surface area contributed by atoms with Gasteiger partial charge in [-0.25, -0.2) is 12.8 Å². The Labute approximate surface area is 193 Å². The minimum atomic E-state index is -3.54. The quantitative estimate of drug-likeness (QED) is 0.653. The van der Waals surface area contributed by atoms with Crippen molar-refractivity contribution >= 4 is 33.2 Å². The van der Waals surface area contributed by atoms with Crippen LogP contribution in [-0.2, 0) is 21.4 Å². The Morgan fingerprint density at radius 1 is 1.16 bits per heavy atom. The first-order valence-corrected chi connectivity index (χ1v) is 12.5. The lowest BCUT2D eigenvalue weighted by molar-refractivity contribution is -0.139. The highest BCUT2D eigenvalue weighted by atomic mass is 35.5. The Morgan fingerprint density at radius 2 is 1.84 bits per heavy atom. The predicted octanol–water partition coefficient (Wildman–Crippen LogP) is 3.35. The van der Waals surface area contributed by atoms with Crippen LogP contribution in [0.4, 0.5) is 10.1 Å². The van der Waals surface area contributed by atoms with Crippen molar-refractivity contribution in [3.8, 4) is 5.75 Å². The number of hydrogen-bond acceptors (Lipinski definition) is 5. The van der Waals surface area contributed by atoms with Crippen molar-refractivity contribution in [2.24, 2.45) is 0 Å². The highest BCUT2D eigenvalue weighted by Gasteiger charge is 2.32. The molecule has 2 atom stereocenters. The number of rotatable bonds is 7. The molecule has 1 heterocycles. The summed E-state index contributed by atoms with van der Waals surface area (Å²) >= 11 is 5.96.